The van der Waals surface area contributed by atoms with Crippen LogP contribution in [0.1, 0.15) is 12.5 Å². The lowest BCUT2D eigenvalue weighted by molar-refractivity contribution is -0.133. The minimum Gasteiger partial charge on any atom is -0.394 e. The highest BCUT2D eigenvalue weighted by atomic mass is 16.3. The number of amides is 1. The molecule has 92 valence electrons. The molecule has 1 saturated heterocycles. The molecule has 17 heavy (non-hydrogen) atoms. The monoisotopic (exact) mass is 235 g/mol. The summed E-state index contributed by atoms with van der Waals surface area (Å²) in [6.07, 6.45) is 3.47. The zero-order chi connectivity index (χ0) is 12.3. The number of rotatable bonds is 3. The van der Waals surface area contributed by atoms with E-state index in [9.17, 15) is 9.90 Å². The molecule has 2 atom stereocenters. The Kier molecular flexibility index (Phi) is 3.71. The SMILES string of the molecule is CC1CNC(=O)C(CO)N1Cc1ccncc1. The molecule has 0 aromatic carbocycles. The number of piperazine rings is 1. The molecule has 2 N–H and O–H groups in total. The van der Waals surface area contributed by atoms with Gasteiger partial charge in [0.1, 0.15) is 6.04 Å². The topological polar surface area (TPSA) is 65.5 Å². The maximum atomic E-state index is 11.6. The Hall–Kier alpha value is -1.46. The van der Waals surface area contributed by atoms with Gasteiger partial charge in [0.25, 0.3) is 0 Å². The van der Waals surface area contributed by atoms with E-state index < -0.39 is 6.04 Å². The van der Waals surface area contributed by atoms with E-state index in [1.54, 1.807) is 12.4 Å². The zero-order valence-corrected chi connectivity index (χ0v) is 9.84. The average Bonchev–Trinajstić information content (AvgIpc) is 2.35. The van der Waals surface area contributed by atoms with Gasteiger partial charge in [-0.1, -0.05) is 0 Å². The van der Waals surface area contributed by atoms with Gasteiger partial charge in [-0.25, -0.2) is 0 Å². The van der Waals surface area contributed by atoms with Gasteiger partial charge < -0.3 is 10.4 Å². The minimum atomic E-state index is -0.452. The van der Waals surface area contributed by atoms with Crippen molar-refractivity contribution in [3.8, 4) is 0 Å². The summed E-state index contributed by atoms with van der Waals surface area (Å²) in [4.78, 5) is 17.6. The second-order valence-corrected chi connectivity index (χ2v) is 4.32. The molecular formula is C12H17N3O2. The molecule has 1 aromatic heterocycles. The highest BCUT2D eigenvalue weighted by Crippen LogP contribution is 2.15. The number of pyridine rings is 1. The molecule has 0 spiro atoms. The summed E-state index contributed by atoms with van der Waals surface area (Å²) in [7, 11) is 0. The molecule has 0 radical (unpaired) electrons. The predicted octanol–water partition coefficient (Wildman–Crippen LogP) is -0.237. The largest absolute Gasteiger partial charge is 0.394 e. The van der Waals surface area contributed by atoms with E-state index in [1.807, 2.05) is 24.0 Å². The summed E-state index contributed by atoms with van der Waals surface area (Å²) in [5.74, 6) is -0.0975. The summed E-state index contributed by atoms with van der Waals surface area (Å²) in [5, 5.41) is 12.1. The smallest absolute Gasteiger partial charge is 0.239 e. The fourth-order valence-electron chi connectivity index (χ4n) is 2.09. The van der Waals surface area contributed by atoms with Gasteiger partial charge in [-0.3, -0.25) is 14.7 Å². The van der Waals surface area contributed by atoms with Gasteiger partial charge >= 0.3 is 0 Å². The molecule has 2 rings (SSSR count). The summed E-state index contributed by atoms with van der Waals surface area (Å²) < 4.78 is 0. The van der Waals surface area contributed by atoms with E-state index in [1.165, 1.54) is 0 Å². The fraction of sp³-hybridized carbons (Fsp3) is 0.500. The van der Waals surface area contributed by atoms with Crippen LogP contribution in [0, 0.1) is 0 Å². The second kappa shape index (κ2) is 5.25. The van der Waals surface area contributed by atoms with Crippen LogP contribution >= 0.6 is 0 Å². The molecular weight excluding hydrogens is 218 g/mol. The molecule has 1 fully saturated rings. The predicted molar refractivity (Wildman–Crippen MR) is 63.1 cm³/mol. The molecule has 2 unspecified atom stereocenters. The second-order valence-electron chi connectivity index (χ2n) is 4.32. The van der Waals surface area contributed by atoms with Crippen LogP contribution in [-0.2, 0) is 11.3 Å². The van der Waals surface area contributed by atoms with E-state index in [0.29, 0.717) is 13.1 Å². The molecule has 2 heterocycles. The van der Waals surface area contributed by atoms with Gasteiger partial charge in [0.05, 0.1) is 6.61 Å². The highest BCUT2D eigenvalue weighted by Gasteiger charge is 2.33. The van der Waals surface area contributed by atoms with Crippen LogP contribution in [0.2, 0.25) is 0 Å². The Bertz CT molecular complexity index is 383. The van der Waals surface area contributed by atoms with Gasteiger partial charge in [-0.15, -0.1) is 0 Å². The van der Waals surface area contributed by atoms with Crippen LogP contribution in [0.25, 0.3) is 0 Å². The maximum absolute atomic E-state index is 11.6. The Morgan fingerprint density at radius 1 is 1.53 bits per heavy atom. The molecule has 1 aliphatic heterocycles. The maximum Gasteiger partial charge on any atom is 0.239 e. The van der Waals surface area contributed by atoms with Gasteiger partial charge in [0.2, 0.25) is 5.91 Å². The van der Waals surface area contributed by atoms with Crippen molar-refractivity contribution in [1.82, 2.24) is 15.2 Å². The highest BCUT2D eigenvalue weighted by molar-refractivity contribution is 5.82. The molecule has 0 bridgehead atoms. The molecule has 0 aliphatic carbocycles. The first-order valence-corrected chi connectivity index (χ1v) is 5.75. The van der Waals surface area contributed by atoms with E-state index in [0.717, 1.165) is 5.56 Å². The Morgan fingerprint density at radius 2 is 2.24 bits per heavy atom. The van der Waals surface area contributed by atoms with Gasteiger partial charge in [-0.2, -0.15) is 0 Å². The van der Waals surface area contributed by atoms with Crippen LogP contribution in [0.5, 0.6) is 0 Å². The van der Waals surface area contributed by atoms with Gasteiger partial charge in [0.15, 0.2) is 0 Å². The van der Waals surface area contributed by atoms with E-state index >= 15 is 0 Å². The zero-order valence-electron chi connectivity index (χ0n) is 9.84. The standard InChI is InChI=1S/C12H17N3O2/c1-9-6-14-12(17)11(8-16)15(9)7-10-2-4-13-5-3-10/h2-5,9,11,16H,6-8H2,1H3,(H,14,17). The van der Waals surface area contributed by atoms with Gasteiger partial charge in [-0.05, 0) is 24.6 Å². The number of nitrogens with one attached hydrogen (secondary N) is 1. The van der Waals surface area contributed by atoms with Crippen LogP contribution < -0.4 is 5.32 Å². The molecule has 1 amide bonds. The molecule has 1 aliphatic rings. The minimum absolute atomic E-state index is 0.0975. The molecule has 5 heteroatoms. The van der Waals surface area contributed by atoms with E-state index in [-0.39, 0.29) is 18.6 Å². The molecule has 1 aromatic rings. The van der Waals surface area contributed by atoms with Crippen LogP contribution in [0.3, 0.4) is 0 Å². The van der Waals surface area contributed by atoms with Crippen molar-refractivity contribution in [1.29, 1.82) is 0 Å². The van der Waals surface area contributed by atoms with Crippen molar-refractivity contribution in [2.24, 2.45) is 0 Å². The molecule has 5 nitrogen and oxygen atoms in total. The van der Waals surface area contributed by atoms with Crippen molar-refractivity contribution in [3.05, 3.63) is 30.1 Å². The lowest BCUT2D eigenvalue weighted by atomic mass is 10.1. The first kappa shape index (κ1) is 12.0. The third-order valence-corrected chi connectivity index (χ3v) is 3.13. The lowest BCUT2D eigenvalue weighted by Gasteiger charge is -2.39. The summed E-state index contributed by atoms with van der Waals surface area (Å²) in [6, 6.07) is 3.62. The quantitative estimate of drug-likeness (QED) is 0.759. The number of carbonyl (C=O) groups is 1. The number of hydrogen-bond donors (Lipinski definition) is 2. The average molecular weight is 235 g/mol. The van der Waals surface area contributed by atoms with Crippen molar-refractivity contribution >= 4 is 5.91 Å². The summed E-state index contributed by atoms with van der Waals surface area (Å²) >= 11 is 0. The number of carbonyl (C=O) groups excluding carboxylic acids is 1. The van der Waals surface area contributed by atoms with Crippen molar-refractivity contribution < 1.29 is 9.90 Å². The number of nitrogens with zero attached hydrogens (tertiary/aromatic N) is 2. The first-order valence-electron chi connectivity index (χ1n) is 5.75. The first-order chi connectivity index (χ1) is 8.22. The lowest BCUT2D eigenvalue weighted by Crippen LogP contribution is -2.60. The van der Waals surface area contributed by atoms with E-state index in [2.05, 4.69) is 10.3 Å². The van der Waals surface area contributed by atoms with Crippen LogP contribution in [-0.4, -0.2) is 46.1 Å². The van der Waals surface area contributed by atoms with Crippen molar-refractivity contribution in [3.63, 3.8) is 0 Å². The normalized spacial score (nSPS) is 25.6. The van der Waals surface area contributed by atoms with E-state index in [4.69, 9.17) is 0 Å². The Balaban J connectivity index is 2.13. The summed E-state index contributed by atoms with van der Waals surface area (Å²) in [5.41, 5.74) is 1.10. The third kappa shape index (κ3) is 2.62. The fourth-order valence-corrected chi connectivity index (χ4v) is 2.09. The van der Waals surface area contributed by atoms with Crippen molar-refractivity contribution in [2.75, 3.05) is 13.2 Å². The summed E-state index contributed by atoms with van der Waals surface area (Å²) in [6.45, 7) is 3.17. The number of aliphatic hydroxyl groups is 1. The Labute approximate surface area is 100 Å². The number of aliphatic hydroxyl groups excluding tert-OH is 1. The van der Waals surface area contributed by atoms with Crippen LogP contribution in [0.15, 0.2) is 24.5 Å². The van der Waals surface area contributed by atoms with Crippen LogP contribution in [0.4, 0.5) is 0 Å². The number of hydrogen-bond acceptors (Lipinski definition) is 4. The third-order valence-electron chi connectivity index (χ3n) is 3.13. The molecule has 0 saturated carbocycles. The van der Waals surface area contributed by atoms with Gasteiger partial charge in [0, 0.05) is 31.5 Å². The number of aromatic nitrogens is 1. The Morgan fingerprint density at radius 3 is 2.88 bits per heavy atom. The van der Waals surface area contributed by atoms with Crippen molar-refractivity contribution in [2.45, 2.75) is 25.6 Å².